The maximum absolute atomic E-state index is 13.4. The topological polar surface area (TPSA) is 29.1 Å². The molecule has 1 fully saturated rings. The minimum atomic E-state index is -2.27. The highest BCUT2D eigenvalue weighted by atomic mass is 79.9. The molecule has 2 nitrogen and oxygen atoms in total. The number of anilines is 1. The highest BCUT2D eigenvalue weighted by Crippen LogP contribution is 2.66. The summed E-state index contributed by atoms with van der Waals surface area (Å²) in [6, 6.07) is 0. The molecule has 0 unspecified atom stereocenters. The van der Waals surface area contributed by atoms with Crippen molar-refractivity contribution in [3.8, 4) is 0 Å². The van der Waals surface area contributed by atoms with Gasteiger partial charge in [-0.2, -0.15) is 0 Å². The molecule has 1 aliphatic carbocycles. The number of alkyl halides is 2. The number of hydrogen-bond donors (Lipinski definition) is 1. The number of rotatable bonds is 2. The summed E-state index contributed by atoms with van der Waals surface area (Å²) >= 11 is 6.32. The van der Waals surface area contributed by atoms with Gasteiger partial charge in [0.1, 0.15) is 5.69 Å². The average Bonchev–Trinajstić information content (AvgIpc) is 2.90. The molecular weight excluding hydrogens is 417 g/mol. The molecule has 0 spiro atoms. The number of benzene rings is 1. The smallest absolute Gasteiger partial charge is 0.232 e. The molecule has 1 atom stereocenters. The van der Waals surface area contributed by atoms with E-state index >= 15 is 0 Å². The molecule has 1 aromatic carbocycles. The third kappa shape index (κ3) is 2.14. The molecule has 9 heteroatoms. The van der Waals surface area contributed by atoms with E-state index in [0.717, 1.165) is 0 Å². The van der Waals surface area contributed by atoms with Crippen molar-refractivity contribution in [2.75, 3.05) is 5.32 Å². The van der Waals surface area contributed by atoms with Crippen molar-refractivity contribution in [2.24, 2.45) is 5.41 Å². The Bertz CT molecular complexity index is 592. The fraction of sp³-hybridized carbons (Fsp3) is 0.364. The Morgan fingerprint density at radius 1 is 1.00 bits per heavy atom. The zero-order valence-corrected chi connectivity index (χ0v) is 12.9. The van der Waals surface area contributed by atoms with E-state index in [1.807, 2.05) is 0 Å². The van der Waals surface area contributed by atoms with Crippen molar-refractivity contribution in [3.05, 3.63) is 29.1 Å². The predicted molar refractivity (Wildman–Crippen MR) is 68.2 cm³/mol. The van der Waals surface area contributed by atoms with E-state index in [1.165, 1.54) is 6.92 Å². The van der Waals surface area contributed by atoms with Gasteiger partial charge in [0, 0.05) is 0 Å². The van der Waals surface area contributed by atoms with Gasteiger partial charge in [-0.15, -0.1) is 0 Å². The van der Waals surface area contributed by atoms with Crippen molar-refractivity contribution in [2.45, 2.75) is 16.6 Å². The Morgan fingerprint density at radius 3 is 1.70 bits per heavy atom. The Kier molecular flexibility index (Phi) is 3.65. The first-order chi connectivity index (χ1) is 9.03. The van der Waals surface area contributed by atoms with Gasteiger partial charge in [0.2, 0.25) is 11.7 Å². The van der Waals surface area contributed by atoms with Crippen LogP contribution in [0.15, 0.2) is 0 Å². The van der Waals surface area contributed by atoms with E-state index in [2.05, 4.69) is 31.9 Å². The molecule has 110 valence electrons. The summed E-state index contributed by atoms with van der Waals surface area (Å²) in [4.78, 5) is 11.9. The van der Waals surface area contributed by atoms with Gasteiger partial charge in [0.25, 0.3) is 0 Å². The number of carbonyl (C=O) groups excluding carboxylic acids is 1. The first-order valence-electron chi connectivity index (χ1n) is 5.23. The van der Waals surface area contributed by atoms with Crippen LogP contribution in [0.2, 0.25) is 0 Å². The van der Waals surface area contributed by atoms with Crippen LogP contribution in [0.1, 0.15) is 13.3 Å². The van der Waals surface area contributed by atoms with Crippen LogP contribution in [0.4, 0.5) is 27.6 Å². The molecule has 1 amide bonds. The number of carbonyl (C=O) groups is 1. The van der Waals surface area contributed by atoms with Gasteiger partial charge in [0.15, 0.2) is 23.3 Å². The Hall–Kier alpha value is -0.700. The van der Waals surface area contributed by atoms with Gasteiger partial charge in [-0.3, -0.25) is 4.79 Å². The van der Waals surface area contributed by atoms with E-state index in [-0.39, 0.29) is 0 Å². The van der Waals surface area contributed by atoms with E-state index in [9.17, 15) is 26.7 Å². The molecule has 20 heavy (non-hydrogen) atoms. The normalized spacial score (nSPS) is 23.6. The van der Waals surface area contributed by atoms with Crippen molar-refractivity contribution in [3.63, 3.8) is 0 Å². The standard InChI is InChI=1S/C11H6Br2F5NO/c1-10(2-11(10,12)13)9(20)19-8-6(17)4(15)3(14)5(16)7(8)18/h2H2,1H3,(H,19,20)/t10-/m1/s1. The number of amides is 1. The second-order valence-corrected chi connectivity index (χ2v) is 8.38. The van der Waals surface area contributed by atoms with Crippen molar-refractivity contribution < 1.29 is 26.7 Å². The van der Waals surface area contributed by atoms with Gasteiger partial charge in [-0.1, -0.05) is 31.9 Å². The lowest BCUT2D eigenvalue weighted by molar-refractivity contribution is -0.120. The highest BCUT2D eigenvalue weighted by molar-refractivity contribution is 9.25. The molecule has 1 aromatic rings. The van der Waals surface area contributed by atoms with Gasteiger partial charge in [-0.05, 0) is 13.3 Å². The Labute approximate surface area is 127 Å². The lowest BCUT2D eigenvalue weighted by Crippen LogP contribution is -2.27. The minimum absolute atomic E-state index is 0.293. The van der Waals surface area contributed by atoms with Crippen LogP contribution in [0, 0.1) is 34.5 Å². The summed E-state index contributed by atoms with van der Waals surface area (Å²) < 4.78 is 64.9. The lowest BCUT2D eigenvalue weighted by atomic mass is 10.1. The first-order valence-corrected chi connectivity index (χ1v) is 6.82. The molecule has 0 aromatic heterocycles. The van der Waals surface area contributed by atoms with E-state index in [4.69, 9.17) is 0 Å². The molecule has 1 aliphatic rings. The zero-order chi connectivity index (χ0) is 15.5. The summed E-state index contributed by atoms with van der Waals surface area (Å²) in [7, 11) is 0. The number of nitrogens with one attached hydrogen (secondary N) is 1. The van der Waals surface area contributed by atoms with E-state index in [1.54, 1.807) is 5.32 Å². The van der Waals surface area contributed by atoms with Crippen LogP contribution >= 0.6 is 31.9 Å². The fourth-order valence-corrected chi connectivity index (χ4v) is 3.09. The number of halogens is 7. The van der Waals surface area contributed by atoms with Crippen LogP contribution in [-0.2, 0) is 4.79 Å². The highest BCUT2D eigenvalue weighted by Gasteiger charge is 2.66. The monoisotopic (exact) mass is 421 g/mol. The van der Waals surface area contributed by atoms with Crippen LogP contribution in [0.5, 0.6) is 0 Å². The van der Waals surface area contributed by atoms with Crippen LogP contribution < -0.4 is 5.32 Å². The molecule has 0 aliphatic heterocycles. The molecule has 0 bridgehead atoms. The second-order valence-electron chi connectivity index (χ2n) is 4.61. The zero-order valence-electron chi connectivity index (χ0n) is 9.76. The Balaban J connectivity index is 2.39. The van der Waals surface area contributed by atoms with Crippen molar-refractivity contribution >= 4 is 43.5 Å². The largest absolute Gasteiger partial charge is 0.320 e. The van der Waals surface area contributed by atoms with Gasteiger partial charge in [0.05, 0.1) is 8.65 Å². The summed E-state index contributed by atoms with van der Waals surface area (Å²) in [5, 5.41) is 1.75. The van der Waals surface area contributed by atoms with Crippen molar-refractivity contribution in [1.29, 1.82) is 0 Å². The lowest BCUT2D eigenvalue weighted by Gasteiger charge is -2.14. The molecule has 1 saturated carbocycles. The van der Waals surface area contributed by atoms with E-state index < -0.39 is 49.3 Å². The summed E-state index contributed by atoms with van der Waals surface area (Å²) in [5.74, 6) is -11.5. The van der Waals surface area contributed by atoms with Crippen molar-refractivity contribution in [1.82, 2.24) is 0 Å². The molecular formula is C11H6Br2F5NO. The van der Waals surface area contributed by atoms with Gasteiger partial charge < -0.3 is 5.32 Å². The van der Waals surface area contributed by atoms with E-state index in [0.29, 0.717) is 6.42 Å². The Morgan fingerprint density at radius 2 is 1.35 bits per heavy atom. The summed E-state index contributed by atoms with van der Waals surface area (Å²) in [5.41, 5.74) is -2.41. The van der Waals surface area contributed by atoms with Gasteiger partial charge in [-0.25, -0.2) is 22.0 Å². The number of hydrogen-bond acceptors (Lipinski definition) is 1. The second kappa shape index (κ2) is 4.66. The quantitative estimate of drug-likeness (QED) is 0.329. The third-order valence-electron chi connectivity index (χ3n) is 3.21. The molecule has 2 rings (SSSR count). The predicted octanol–water partition coefficient (Wildman–Crippen LogP) is 4.22. The molecule has 1 N–H and O–H groups in total. The maximum atomic E-state index is 13.4. The van der Waals surface area contributed by atoms with Crippen LogP contribution in [0.25, 0.3) is 0 Å². The first kappa shape index (κ1) is 15.7. The summed E-state index contributed by atoms with van der Waals surface area (Å²) in [6.07, 6.45) is 0.293. The summed E-state index contributed by atoms with van der Waals surface area (Å²) in [6.45, 7) is 1.47. The SMILES string of the molecule is C[C@]1(C(=O)Nc2c(F)c(F)c(F)c(F)c2F)CC1(Br)Br. The van der Waals surface area contributed by atoms with Gasteiger partial charge >= 0.3 is 0 Å². The molecule has 0 radical (unpaired) electrons. The molecule has 0 heterocycles. The third-order valence-corrected chi connectivity index (χ3v) is 5.52. The average molecular weight is 423 g/mol. The minimum Gasteiger partial charge on any atom is -0.320 e. The maximum Gasteiger partial charge on any atom is 0.232 e. The van der Waals surface area contributed by atoms with Crippen LogP contribution in [0.3, 0.4) is 0 Å². The fourth-order valence-electron chi connectivity index (χ4n) is 1.61. The molecule has 0 saturated heterocycles. The van der Waals surface area contributed by atoms with Crippen LogP contribution in [-0.4, -0.2) is 9.14 Å².